The molecule has 0 unspecified atom stereocenters. The summed E-state index contributed by atoms with van der Waals surface area (Å²) < 4.78 is 0. The molecule has 0 saturated carbocycles. The van der Waals surface area contributed by atoms with E-state index in [9.17, 15) is 4.79 Å². The van der Waals surface area contributed by atoms with E-state index in [2.05, 4.69) is 22.8 Å². The second-order valence-electron chi connectivity index (χ2n) is 7.63. The number of amides is 1. The van der Waals surface area contributed by atoms with Gasteiger partial charge in [-0.05, 0) is 69.0 Å². The Balaban J connectivity index is 1.46. The minimum absolute atomic E-state index is 0.153. The number of carbonyl (C=O) groups is 1. The number of hydrogen-bond acceptors (Lipinski definition) is 4. The number of likely N-dealkylation sites (tertiary alicyclic amines) is 2. The number of rotatable bonds is 4. The van der Waals surface area contributed by atoms with Crippen molar-refractivity contribution >= 4 is 17.2 Å². The number of benzene rings is 1. The molecule has 0 radical (unpaired) electrons. The van der Waals surface area contributed by atoms with Crippen LogP contribution in [0.4, 0.5) is 0 Å². The molecule has 2 aliphatic heterocycles. The molecular formula is C22H25N3OS. The van der Waals surface area contributed by atoms with Gasteiger partial charge in [0, 0.05) is 35.6 Å². The van der Waals surface area contributed by atoms with E-state index in [0.717, 1.165) is 41.9 Å². The van der Waals surface area contributed by atoms with E-state index >= 15 is 0 Å². The van der Waals surface area contributed by atoms with E-state index < -0.39 is 0 Å². The molecule has 2 aromatic rings. The fourth-order valence-corrected chi connectivity index (χ4v) is 5.13. The molecule has 1 aromatic heterocycles. The first-order chi connectivity index (χ1) is 13.2. The van der Waals surface area contributed by atoms with Crippen LogP contribution in [-0.4, -0.2) is 47.4 Å². The predicted octanol–water partition coefficient (Wildman–Crippen LogP) is 4.38. The number of thiophene rings is 1. The van der Waals surface area contributed by atoms with Gasteiger partial charge < -0.3 is 4.90 Å². The van der Waals surface area contributed by atoms with Gasteiger partial charge in [0.25, 0.3) is 5.91 Å². The van der Waals surface area contributed by atoms with Crippen LogP contribution >= 0.6 is 11.3 Å². The quantitative estimate of drug-likeness (QED) is 0.792. The first kappa shape index (κ1) is 18.2. The summed E-state index contributed by atoms with van der Waals surface area (Å²) in [4.78, 5) is 19.5. The molecule has 4 rings (SSSR count). The number of nitrogens with zero attached hydrogens (tertiary/aromatic N) is 3. The fraction of sp³-hybridized carbons (Fsp3) is 0.455. The SMILES string of the molecule is C[C@@H]1CCCN1C[C@@H]1CCCN1C(=O)c1ccc(-c2ccc(C#N)s2)cc1. The van der Waals surface area contributed by atoms with Gasteiger partial charge in [-0.1, -0.05) is 12.1 Å². The van der Waals surface area contributed by atoms with Gasteiger partial charge in [0.15, 0.2) is 0 Å². The van der Waals surface area contributed by atoms with Crippen LogP contribution in [0.15, 0.2) is 36.4 Å². The first-order valence-electron chi connectivity index (χ1n) is 9.81. The van der Waals surface area contributed by atoms with Crippen molar-refractivity contribution in [1.29, 1.82) is 5.26 Å². The van der Waals surface area contributed by atoms with Crippen LogP contribution in [0.3, 0.4) is 0 Å². The molecular weight excluding hydrogens is 354 g/mol. The predicted molar refractivity (Wildman–Crippen MR) is 109 cm³/mol. The largest absolute Gasteiger partial charge is 0.334 e. The number of nitriles is 1. The van der Waals surface area contributed by atoms with Crippen LogP contribution < -0.4 is 0 Å². The summed E-state index contributed by atoms with van der Waals surface area (Å²) in [6.07, 6.45) is 4.76. The maximum Gasteiger partial charge on any atom is 0.254 e. The molecule has 27 heavy (non-hydrogen) atoms. The smallest absolute Gasteiger partial charge is 0.254 e. The average molecular weight is 380 g/mol. The summed E-state index contributed by atoms with van der Waals surface area (Å²) in [5, 5.41) is 8.99. The van der Waals surface area contributed by atoms with Crippen molar-refractivity contribution in [2.75, 3.05) is 19.6 Å². The molecule has 5 heteroatoms. The zero-order valence-electron chi connectivity index (χ0n) is 15.7. The third-order valence-electron chi connectivity index (χ3n) is 5.91. The van der Waals surface area contributed by atoms with Crippen LogP contribution in [0.2, 0.25) is 0 Å². The lowest BCUT2D eigenvalue weighted by molar-refractivity contribution is 0.0697. The molecule has 1 aromatic carbocycles. The minimum atomic E-state index is 0.153. The molecule has 140 valence electrons. The van der Waals surface area contributed by atoms with E-state index in [4.69, 9.17) is 5.26 Å². The summed E-state index contributed by atoms with van der Waals surface area (Å²) in [6.45, 7) is 5.34. The topological polar surface area (TPSA) is 47.3 Å². The van der Waals surface area contributed by atoms with E-state index in [0.29, 0.717) is 17.0 Å². The van der Waals surface area contributed by atoms with Gasteiger partial charge >= 0.3 is 0 Å². The summed E-state index contributed by atoms with van der Waals surface area (Å²) >= 11 is 1.48. The molecule has 0 bridgehead atoms. The molecule has 4 nitrogen and oxygen atoms in total. The fourth-order valence-electron chi connectivity index (χ4n) is 4.32. The number of hydrogen-bond donors (Lipinski definition) is 0. The van der Waals surface area contributed by atoms with Gasteiger partial charge in [0.2, 0.25) is 0 Å². The molecule has 0 N–H and O–H groups in total. The van der Waals surface area contributed by atoms with Crippen LogP contribution in [0, 0.1) is 11.3 Å². The van der Waals surface area contributed by atoms with Gasteiger partial charge in [-0.2, -0.15) is 5.26 Å². The van der Waals surface area contributed by atoms with Crippen molar-refractivity contribution in [3.63, 3.8) is 0 Å². The van der Waals surface area contributed by atoms with E-state index in [1.807, 2.05) is 36.4 Å². The Bertz CT molecular complexity index is 851. The molecule has 2 saturated heterocycles. The monoisotopic (exact) mass is 379 g/mol. The molecule has 2 atom stereocenters. The summed E-state index contributed by atoms with van der Waals surface area (Å²) in [6, 6.07) is 14.8. The van der Waals surface area contributed by atoms with Crippen LogP contribution in [0.25, 0.3) is 10.4 Å². The van der Waals surface area contributed by atoms with Gasteiger partial charge in [0.1, 0.15) is 10.9 Å². The van der Waals surface area contributed by atoms with Crippen LogP contribution in [0.1, 0.15) is 47.8 Å². The maximum atomic E-state index is 13.1. The third-order valence-corrected chi connectivity index (χ3v) is 6.95. The minimum Gasteiger partial charge on any atom is -0.334 e. The van der Waals surface area contributed by atoms with Gasteiger partial charge in [-0.25, -0.2) is 0 Å². The highest BCUT2D eigenvalue weighted by Gasteiger charge is 2.32. The van der Waals surface area contributed by atoms with Crippen LogP contribution in [-0.2, 0) is 0 Å². The van der Waals surface area contributed by atoms with Gasteiger partial charge in [-0.3, -0.25) is 9.69 Å². The zero-order valence-corrected chi connectivity index (χ0v) is 16.5. The lowest BCUT2D eigenvalue weighted by atomic mass is 10.1. The second-order valence-corrected chi connectivity index (χ2v) is 8.72. The highest BCUT2D eigenvalue weighted by atomic mass is 32.1. The molecule has 3 heterocycles. The Labute approximate surface area is 165 Å². The van der Waals surface area contributed by atoms with E-state index in [-0.39, 0.29) is 5.91 Å². The summed E-state index contributed by atoms with van der Waals surface area (Å²) in [7, 11) is 0. The Kier molecular flexibility index (Phi) is 5.29. The standard InChI is InChI=1S/C22H25N3OS/c1-16-4-2-12-24(16)15-19-5-3-13-25(19)22(26)18-8-6-17(7-9-18)21-11-10-20(14-23)27-21/h6-11,16,19H,2-5,12-13,15H2,1H3/t16-,19+/m1/s1. The van der Waals surface area contributed by atoms with Crippen LogP contribution in [0.5, 0.6) is 0 Å². The normalized spacial score (nSPS) is 22.9. The molecule has 2 fully saturated rings. The van der Waals surface area contributed by atoms with Crippen molar-refractivity contribution in [3.05, 3.63) is 46.8 Å². The summed E-state index contributed by atoms with van der Waals surface area (Å²) in [5.41, 5.74) is 1.82. The highest BCUT2D eigenvalue weighted by molar-refractivity contribution is 7.16. The Morgan fingerprint density at radius 1 is 1.15 bits per heavy atom. The Morgan fingerprint density at radius 2 is 1.93 bits per heavy atom. The zero-order chi connectivity index (χ0) is 18.8. The lowest BCUT2D eigenvalue weighted by Gasteiger charge is -2.30. The summed E-state index contributed by atoms with van der Waals surface area (Å²) in [5.74, 6) is 0.153. The van der Waals surface area contributed by atoms with Crippen molar-refractivity contribution in [2.45, 2.75) is 44.7 Å². The van der Waals surface area contributed by atoms with Gasteiger partial charge in [0.05, 0.1) is 0 Å². The third kappa shape index (κ3) is 3.78. The van der Waals surface area contributed by atoms with Crippen molar-refractivity contribution in [1.82, 2.24) is 9.80 Å². The second kappa shape index (κ2) is 7.84. The Hall–Kier alpha value is -2.16. The first-order valence-corrected chi connectivity index (χ1v) is 10.6. The average Bonchev–Trinajstić information content (AvgIpc) is 3.43. The maximum absolute atomic E-state index is 13.1. The van der Waals surface area contributed by atoms with E-state index in [1.165, 1.54) is 30.7 Å². The Morgan fingerprint density at radius 3 is 2.59 bits per heavy atom. The van der Waals surface area contributed by atoms with Gasteiger partial charge in [-0.15, -0.1) is 11.3 Å². The highest BCUT2D eigenvalue weighted by Crippen LogP contribution is 2.29. The van der Waals surface area contributed by atoms with Crippen molar-refractivity contribution in [2.24, 2.45) is 0 Å². The molecule has 0 spiro atoms. The van der Waals surface area contributed by atoms with Crippen molar-refractivity contribution in [3.8, 4) is 16.5 Å². The molecule has 2 aliphatic rings. The lowest BCUT2D eigenvalue weighted by Crippen LogP contribution is -2.44. The molecule has 0 aliphatic carbocycles. The van der Waals surface area contributed by atoms with Crippen molar-refractivity contribution < 1.29 is 4.79 Å². The van der Waals surface area contributed by atoms with E-state index in [1.54, 1.807) is 0 Å². The number of carbonyl (C=O) groups excluding carboxylic acids is 1. The molecule has 1 amide bonds.